The van der Waals surface area contributed by atoms with Crippen LogP contribution in [0.5, 0.6) is 5.75 Å². The van der Waals surface area contributed by atoms with Gasteiger partial charge < -0.3 is 20.1 Å². The molecule has 0 unspecified atom stereocenters. The third-order valence-corrected chi connectivity index (χ3v) is 9.12. The number of carbonyl (C=O) groups excluding carboxylic acids is 1. The van der Waals surface area contributed by atoms with E-state index in [1.54, 1.807) is 6.33 Å². The molecule has 0 bridgehead atoms. The molecule has 8 nitrogen and oxygen atoms in total. The summed E-state index contributed by atoms with van der Waals surface area (Å²) in [5.74, 6) is 3.45. The number of aryl methyl sites for hydroxylation is 1. The van der Waals surface area contributed by atoms with Crippen molar-refractivity contribution in [1.82, 2.24) is 19.5 Å². The van der Waals surface area contributed by atoms with Crippen LogP contribution in [0.3, 0.4) is 0 Å². The lowest BCUT2D eigenvalue weighted by Gasteiger charge is -2.48. The summed E-state index contributed by atoms with van der Waals surface area (Å²) in [5, 5.41) is 9.99. The number of fused-ring (bicyclic) bond motifs is 6. The number of ether oxygens (including phenoxy) is 1. The first-order valence-electron chi connectivity index (χ1n) is 12.8. The number of aliphatic hydroxyl groups is 1. The second-order valence-corrected chi connectivity index (χ2v) is 10.8. The van der Waals surface area contributed by atoms with E-state index < -0.39 is 0 Å². The van der Waals surface area contributed by atoms with Crippen LogP contribution in [0.15, 0.2) is 30.9 Å². The summed E-state index contributed by atoms with van der Waals surface area (Å²) in [6, 6.07) is 6.34. The van der Waals surface area contributed by atoms with Crippen LogP contribution in [-0.4, -0.2) is 43.6 Å². The van der Waals surface area contributed by atoms with E-state index >= 15 is 0 Å². The lowest BCUT2D eigenvalue weighted by Crippen LogP contribution is -2.42. The Labute approximate surface area is 204 Å². The third kappa shape index (κ3) is 3.61. The first-order valence-corrected chi connectivity index (χ1v) is 12.8. The minimum atomic E-state index is -0.210. The van der Waals surface area contributed by atoms with Gasteiger partial charge in [0.1, 0.15) is 23.4 Å². The first-order chi connectivity index (χ1) is 17.0. The number of imidazole rings is 1. The number of aromatic nitrogens is 4. The predicted molar refractivity (Wildman–Crippen MR) is 132 cm³/mol. The Morgan fingerprint density at radius 3 is 2.97 bits per heavy atom. The maximum atomic E-state index is 12.6. The lowest BCUT2D eigenvalue weighted by atomic mass is 9.55. The van der Waals surface area contributed by atoms with Gasteiger partial charge in [0.25, 0.3) is 0 Å². The Balaban J connectivity index is 1.13. The van der Waals surface area contributed by atoms with Crippen molar-refractivity contribution in [1.29, 1.82) is 0 Å². The van der Waals surface area contributed by atoms with Gasteiger partial charge in [-0.2, -0.15) is 0 Å². The largest absolute Gasteiger partial charge is 0.494 e. The molecule has 2 heterocycles. The molecule has 0 spiro atoms. The molecule has 0 saturated heterocycles. The highest BCUT2D eigenvalue weighted by atomic mass is 16.5. The molecule has 2 saturated carbocycles. The van der Waals surface area contributed by atoms with E-state index in [-0.39, 0.29) is 18.1 Å². The Hall–Kier alpha value is -3.00. The number of hydrogen-bond acceptors (Lipinski definition) is 7. The summed E-state index contributed by atoms with van der Waals surface area (Å²) < 4.78 is 7.97. The van der Waals surface area contributed by atoms with Gasteiger partial charge in [0.05, 0.1) is 25.6 Å². The number of ketones is 1. The van der Waals surface area contributed by atoms with Gasteiger partial charge in [-0.1, -0.05) is 13.0 Å². The number of benzene rings is 1. The van der Waals surface area contributed by atoms with Crippen molar-refractivity contribution in [2.45, 2.75) is 63.8 Å². The van der Waals surface area contributed by atoms with Gasteiger partial charge in [-0.15, -0.1) is 0 Å². The average molecular weight is 476 g/mol. The van der Waals surface area contributed by atoms with Crippen molar-refractivity contribution in [3.63, 3.8) is 0 Å². The molecule has 8 heteroatoms. The van der Waals surface area contributed by atoms with Crippen molar-refractivity contribution in [3.8, 4) is 5.75 Å². The second kappa shape index (κ2) is 8.59. The fourth-order valence-electron chi connectivity index (χ4n) is 7.19. The van der Waals surface area contributed by atoms with Crippen molar-refractivity contribution in [3.05, 3.63) is 42.0 Å². The van der Waals surface area contributed by atoms with Crippen LogP contribution in [-0.2, 0) is 11.2 Å². The minimum absolute atomic E-state index is 0.0471. The first kappa shape index (κ1) is 22.5. The molecule has 3 N–H and O–H groups in total. The minimum Gasteiger partial charge on any atom is -0.494 e. The molecule has 0 radical (unpaired) electrons. The average Bonchev–Trinajstić information content (AvgIpc) is 3.43. The summed E-state index contributed by atoms with van der Waals surface area (Å²) in [7, 11) is 0. The number of carbonyl (C=O) groups is 1. The molecule has 1 aromatic carbocycles. The van der Waals surface area contributed by atoms with E-state index in [0.29, 0.717) is 53.5 Å². The lowest BCUT2D eigenvalue weighted by molar-refractivity contribution is -0.129. The molecule has 2 aromatic heterocycles. The molecular weight excluding hydrogens is 442 g/mol. The van der Waals surface area contributed by atoms with Gasteiger partial charge in [0.2, 0.25) is 0 Å². The normalized spacial score (nSPS) is 28.4. The smallest absolute Gasteiger partial charge is 0.165 e. The molecule has 184 valence electrons. The number of hydrogen-bond donors (Lipinski definition) is 2. The topological polar surface area (TPSA) is 116 Å². The molecule has 2 fully saturated rings. The maximum absolute atomic E-state index is 12.6. The van der Waals surface area contributed by atoms with Crippen LogP contribution in [0.4, 0.5) is 5.82 Å². The summed E-state index contributed by atoms with van der Waals surface area (Å²) in [5.41, 5.74) is 9.83. The number of nitrogens with two attached hydrogens (primary N) is 1. The highest BCUT2D eigenvalue weighted by molar-refractivity contribution is 5.87. The zero-order valence-corrected chi connectivity index (χ0v) is 20.2. The van der Waals surface area contributed by atoms with E-state index in [1.165, 1.54) is 23.9 Å². The van der Waals surface area contributed by atoms with Crippen molar-refractivity contribution < 1.29 is 14.6 Å². The molecular formula is C27H33N5O3. The summed E-state index contributed by atoms with van der Waals surface area (Å²) in [4.78, 5) is 25.1. The fourth-order valence-corrected chi connectivity index (χ4v) is 7.19. The van der Waals surface area contributed by atoms with E-state index in [1.807, 2.05) is 4.57 Å². The van der Waals surface area contributed by atoms with E-state index in [4.69, 9.17) is 10.5 Å². The molecule has 3 aliphatic rings. The molecule has 5 atom stereocenters. The zero-order chi connectivity index (χ0) is 24.2. The fraction of sp³-hybridized carbons (Fsp3) is 0.556. The number of aliphatic hydroxyl groups excluding tert-OH is 1. The SMILES string of the molecule is C[C@]12CC[C@@H]3c4ccc(OCC[C@H](CO)n5cnc6c(N)ncnc65)cc4CC[C@H]3[C@@H]1CCC2=O. The Kier molecular flexibility index (Phi) is 5.51. The van der Waals surface area contributed by atoms with Crippen LogP contribution in [0.1, 0.15) is 68.5 Å². The van der Waals surface area contributed by atoms with Gasteiger partial charge in [0.15, 0.2) is 11.5 Å². The highest BCUT2D eigenvalue weighted by Gasteiger charge is 2.54. The van der Waals surface area contributed by atoms with Gasteiger partial charge in [-0.3, -0.25) is 4.79 Å². The number of nitrogens with zero attached hydrogens (tertiary/aromatic N) is 4. The molecule has 35 heavy (non-hydrogen) atoms. The molecule has 3 aliphatic carbocycles. The van der Waals surface area contributed by atoms with Gasteiger partial charge >= 0.3 is 0 Å². The van der Waals surface area contributed by atoms with Gasteiger partial charge in [-0.05, 0) is 73.1 Å². The standard InChI is InChI=1S/C27H33N5O3/c1-27-10-8-20-19-5-3-18(12-16(19)2-4-21(20)22(27)6-7-23(27)34)35-11-9-17(13-33)32-15-31-24-25(28)29-14-30-26(24)32/h3,5,12,14-15,17,20-22,33H,2,4,6-11,13H2,1H3,(H2,28,29,30)/t17-,20-,21-,22+,27+/m1/s1. The quantitative estimate of drug-likeness (QED) is 0.556. The van der Waals surface area contributed by atoms with Crippen molar-refractivity contribution in [2.24, 2.45) is 17.3 Å². The Morgan fingerprint density at radius 2 is 2.11 bits per heavy atom. The number of anilines is 1. The van der Waals surface area contributed by atoms with Crippen LogP contribution < -0.4 is 10.5 Å². The van der Waals surface area contributed by atoms with Gasteiger partial charge in [0, 0.05) is 18.3 Å². The summed E-state index contributed by atoms with van der Waals surface area (Å²) >= 11 is 0. The van der Waals surface area contributed by atoms with E-state index in [9.17, 15) is 9.90 Å². The van der Waals surface area contributed by atoms with Gasteiger partial charge in [-0.25, -0.2) is 15.0 Å². The van der Waals surface area contributed by atoms with E-state index in [2.05, 4.69) is 40.1 Å². The Bertz CT molecular complexity index is 1270. The van der Waals surface area contributed by atoms with Crippen LogP contribution in [0.2, 0.25) is 0 Å². The van der Waals surface area contributed by atoms with Crippen molar-refractivity contribution >= 4 is 22.8 Å². The summed E-state index contributed by atoms with van der Waals surface area (Å²) in [6.07, 6.45) is 9.88. The van der Waals surface area contributed by atoms with Crippen LogP contribution in [0, 0.1) is 17.3 Å². The number of Topliss-reactive ketones (excluding diaryl/α,β-unsaturated/α-hetero) is 1. The van der Waals surface area contributed by atoms with E-state index in [0.717, 1.165) is 37.9 Å². The second-order valence-electron chi connectivity index (χ2n) is 10.8. The van der Waals surface area contributed by atoms with Crippen molar-refractivity contribution in [2.75, 3.05) is 18.9 Å². The molecule has 0 amide bonds. The highest BCUT2D eigenvalue weighted by Crippen LogP contribution is 2.59. The number of nitrogen functional groups attached to an aromatic ring is 1. The Morgan fingerprint density at radius 1 is 1.23 bits per heavy atom. The van der Waals surface area contributed by atoms with Crippen LogP contribution >= 0.6 is 0 Å². The zero-order valence-electron chi connectivity index (χ0n) is 20.2. The molecule has 0 aliphatic heterocycles. The predicted octanol–water partition coefficient (Wildman–Crippen LogP) is 3.84. The van der Waals surface area contributed by atoms with Crippen LogP contribution in [0.25, 0.3) is 11.2 Å². The molecule has 3 aromatic rings. The monoisotopic (exact) mass is 475 g/mol. The maximum Gasteiger partial charge on any atom is 0.165 e. The summed E-state index contributed by atoms with van der Waals surface area (Å²) in [6.45, 7) is 2.65. The molecule has 6 rings (SSSR count). The number of rotatable bonds is 6. The third-order valence-electron chi connectivity index (χ3n) is 9.12.